The molecule has 0 unspecified atom stereocenters. The molecule has 0 aliphatic rings. The molecule has 0 radical (unpaired) electrons. The number of thioether (sulfide) groups is 1. The van der Waals surface area contributed by atoms with Crippen LogP contribution in [0.1, 0.15) is 6.42 Å². The highest BCUT2D eigenvalue weighted by Gasteiger charge is 2.12. The summed E-state index contributed by atoms with van der Waals surface area (Å²) >= 11 is 1.58. The molecule has 2 aromatic rings. The van der Waals surface area contributed by atoms with Crippen LogP contribution < -0.4 is 15.5 Å². The van der Waals surface area contributed by atoms with Crippen molar-refractivity contribution in [3.05, 3.63) is 54.6 Å². The van der Waals surface area contributed by atoms with Crippen LogP contribution in [-0.2, 0) is 9.59 Å². The van der Waals surface area contributed by atoms with Gasteiger partial charge < -0.3 is 15.5 Å². The van der Waals surface area contributed by atoms with Gasteiger partial charge in [0.1, 0.15) is 0 Å². The molecule has 0 bridgehead atoms. The van der Waals surface area contributed by atoms with Crippen molar-refractivity contribution in [3.8, 4) is 0 Å². The molecule has 0 aliphatic carbocycles. The minimum atomic E-state index is -0.133. The summed E-state index contributed by atoms with van der Waals surface area (Å²) in [7, 11) is 3.81. The van der Waals surface area contributed by atoms with Crippen molar-refractivity contribution in [2.75, 3.05) is 56.7 Å². The molecular weight excluding hydrogens is 384 g/mol. The van der Waals surface area contributed by atoms with Gasteiger partial charge >= 0.3 is 0 Å². The molecule has 6 nitrogen and oxygen atoms in total. The van der Waals surface area contributed by atoms with Crippen molar-refractivity contribution < 1.29 is 9.59 Å². The van der Waals surface area contributed by atoms with Crippen LogP contribution in [0.3, 0.4) is 0 Å². The third-order valence-corrected chi connectivity index (χ3v) is 5.19. The Bertz CT molecular complexity index is 785. The lowest BCUT2D eigenvalue weighted by Crippen LogP contribution is -2.39. The Kier molecular flexibility index (Phi) is 9.53. The second-order valence-electron chi connectivity index (χ2n) is 6.88. The van der Waals surface area contributed by atoms with Crippen LogP contribution >= 0.6 is 11.8 Å². The van der Waals surface area contributed by atoms with E-state index < -0.39 is 0 Å². The monoisotopic (exact) mass is 414 g/mol. The van der Waals surface area contributed by atoms with E-state index in [-0.39, 0.29) is 24.9 Å². The molecule has 2 rings (SSSR count). The molecule has 2 N–H and O–H groups in total. The molecule has 0 aromatic heterocycles. The predicted molar refractivity (Wildman–Crippen MR) is 122 cm³/mol. The van der Waals surface area contributed by atoms with E-state index in [4.69, 9.17) is 0 Å². The van der Waals surface area contributed by atoms with Crippen LogP contribution in [0.5, 0.6) is 0 Å². The minimum Gasteiger partial charge on any atom is -0.375 e. The minimum absolute atomic E-state index is 0.0767. The Morgan fingerprint density at radius 1 is 0.931 bits per heavy atom. The number of nitrogens with zero attached hydrogens (tertiary/aromatic N) is 2. The molecule has 0 fully saturated rings. The molecule has 2 amide bonds. The molecule has 0 saturated carbocycles. The molecule has 156 valence electrons. The third-order valence-electron chi connectivity index (χ3n) is 4.40. The second kappa shape index (κ2) is 12.1. The summed E-state index contributed by atoms with van der Waals surface area (Å²) in [6.45, 7) is 1.81. The highest BCUT2D eigenvalue weighted by atomic mass is 32.2. The number of carbonyl (C=O) groups is 2. The van der Waals surface area contributed by atoms with Crippen molar-refractivity contribution in [3.63, 3.8) is 0 Å². The molecule has 0 saturated heterocycles. The standard InChI is InChI=1S/C22H30N4O2S/c1-25(17-22(28)24-19-12-7-8-13-20(19)29-3)16-21(27)23-14-9-15-26(2)18-10-5-4-6-11-18/h4-8,10-13H,9,14-17H2,1-3H3,(H,23,27)(H,24,28). The van der Waals surface area contributed by atoms with E-state index in [9.17, 15) is 9.59 Å². The van der Waals surface area contributed by atoms with E-state index in [1.165, 1.54) is 0 Å². The van der Waals surface area contributed by atoms with Gasteiger partial charge in [-0.25, -0.2) is 0 Å². The summed E-state index contributed by atoms with van der Waals surface area (Å²) in [5.74, 6) is -0.210. The average molecular weight is 415 g/mol. The third kappa shape index (κ3) is 8.17. The largest absolute Gasteiger partial charge is 0.375 e. The topological polar surface area (TPSA) is 64.7 Å². The van der Waals surface area contributed by atoms with Gasteiger partial charge in [-0.15, -0.1) is 11.8 Å². The summed E-state index contributed by atoms with van der Waals surface area (Å²) in [5, 5.41) is 5.83. The predicted octanol–water partition coefficient (Wildman–Crippen LogP) is 2.92. The maximum absolute atomic E-state index is 12.2. The van der Waals surface area contributed by atoms with E-state index in [2.05, 4.69) is 27.7 Å². The number of nitrogens with one attached hydrogen (secondary N) is 2. The van der Waals surface area contributed by atoms with E-state index in [0.29, 0.717) is 6.54 Å². The average Bonchev–Trinajstić information content (AvgIpc) is 2.71. The number of carbonyl (C=O) groups excluding carboxylic acids is 2. The lowest BCUT2D eigenvalue weighted by Gasteiger charge is -2.20. The number of para-hydroxylation sites is 2. The van der Waals surface area contributed by atoms with E-state index in [1.807, 2.05) is 55.8 Å². The Labute approximate surface area is 177 Å². The van der Waals surface area contributed by atoms with Gasteiger partial charge in [0.2, 0.25) is 11.8 Å². The van der Waals surface area contributed by atoms with Crippen LogP contribution in [0.4, 0.5) is 11.4 Å². The van der Waals surface area contributed by atoms with Crippen LogP contribution in [0.25, 0.3) is 0 Å². The first-order chi connectivity index (χ1) is 14.0. The fourth-order valence-corrected chi connectivity index (χ4v) is 3.45. The van der Waals surface area contributed by atoms with Crippen molar-refractivity contribution in [1.29, 1.82) is 0 Å². The lowest BCUT2D eigenvalue weighted by molar-refractivity contribution is -0.122. The fourth-order valence-electron chi connectivity index (χ4n) is 2.90. The lowest BCUT2D eigenvalue weighted by atomic mass is 10.3. The van der Waals surface area contributed by atoms with Crippen molar-refractivity contribution >= 4 is 35.0 Å². The molecule has 0 heterocycles. The summed E-state index contributed by atoms with van der Waals surface area (Å²) < 4.78 is 0. The van der Waals surface area contributed by atoms with E-state index >= 15 is 0 Å². The van der Waals surface area contributed by atoms with Crippen molar-refractivity contribution in [2.24, 2.45) is 0 Å². The smallest absolute Gasteiger partial charge is 0.238 e. The number of benzene rings is 2. The maximum atomic E-state index is 12.2. The SMILES string of the molecule is CSc1ccccc1NC(=O)CN(C)CC(=O)NCCCN(C)c1ccccc1. The first kappa shape index (κ1) is 22.8. The zero-order chi connectivity index (χ0) is 21.1. The quantitative estimate of drug-likeness (QED) is 0.437. The van der Waals surface area contributed by atoms with Gasteiger partial charge in [0.15, 0.2) is 0 Å². The van der Waals surface area contributed by atoms with Gasteiger partial charge in [-0.1, -0.05) is 30.3 Å². The number of anilines is 2. The molecule has 7 heteroatoms. The highest BCUT2D eigenvalue weighted by molar-refractivity contribution is 7.98. The van der Waals surface area contributed by atoms with Crippen LogP contribution in [0.2, 0.25) is 0 Å². The zero-order valence-corrected chi connectivity index (χ0v) is 18.2. The van der Waals surface area contributed by atoms with Crippen molar-refractivity contribution in [2.45, 2.75) is 11.3 Å². The first-order valence-corrected chi connectivity index (χ1v) is 10.9. The number of rotatable bonds is 11. The van der Waals surface area contributed by atoms with E-state index in [1.54, 1.807) is 23.7 Å². The Morgan fingerprint density at radius 2 is 1.59 bits per heavy atom. The van der Waals surface area contributed by atoms with Gasteiger partial charge in [-0.3, -0.25) is 14.5 Å². The highest BCUT2D eigenvalue weighted by Crippen LogP contribution is 2.24. The Balaban J connectivity index is 1.65. The molecule has 0 aliphatic heterocycles. The number of likely N-dealkylation sites (N-methyl/N-ethyl adjacent to an activating group) is 1. The molecular formula is C22H30N4O2S. The van der Waals surface area contributed by atoms with Gasteiger partial charge in [-0.2, -0.15) is 0 Å². The number of hydrogen-bond donors (Lipinski definition) is 2. The normalized spacial score (nSPS) is 10.6. The molecule has 0 spiro atoms. The van der Waals surface area contributed by atoms with Gasteiger partial charge in [-0.05, 0) is 44.0 Å². The zero-order valence-electron chi connectivity index (χ0n) is 17.4. The second-order valence-corrected chi connectivity index (χ2v) is 7.73. The summed E-state index contributed by atoms with van der Waals surface area (Å²) in [6.07, 6.45) is 2.83. The van der Waals surface area contributed by atoms with Gasteiger partial charge in [0.25, 0.3) is 0 Å². The summed E-state index contributed by atoms with van der Waals surface area (Å²) in [4.78, 5) is 29.2. The Hall–Kier alpha value is -2.51. The van der Waals surface area contributed by atoms with Gasteiger partial charge in [0.05, 0.1) is 18.8 Å². The maximum Gasteiger partial charge on any atom is 0.238 e. The van der Waals surface area contributed by atoms with Crippen molar-refractivity contribution in [1.82, 2.24) is 10.2 Å². The fraction of sp³-hybridized carbons (Fsp3) is 0.364. The molecule has 29 heavy (non-hydrogen) atoms. The summed E-state index contributed by atoms with van der Waals surface area (Å²) in [5.41, 5.74) is 1.96. The number of hydrogen-bond acceptors (Lipinski definition) is 5. The number of amides is 2. The van der Waals surface area contributed by atoms with Gasteiger partial charge in [0, 0.05) is 30.7 Å². The summed E-state index contributed by atoms with van der Waals surface area (Å²) in [6, 6.07) is 17.8. The van der Waals surface area contributed by atoms with Crippen LogP contribution in [0.15, 0.2) is 59.5 Å². The van der Waals surface area contributed by atoms with Crippen LogP contribution in [0, 0.1) is 0 Å². The van der Waals surface area contributed by atoms with Crippen LogP contribution in [-0.4, -0.2) is 63.2 Å². The molecule has 0 atom stereocenters. The molecule has 2 aromatic carbocycles. The Morgan fingerprint density at radius 3 is 2.31 bits per heavy atom. The first-order valence-electron chi connectivity index (χ1n) is 9.64. The van der Waals surface area contributed by atoms with E-state index in [0.717, 1.165) is 29.2 Å².